The van der Waals surface area contributed by atoms with Crippen LogP contribution in [0.3, 0.4) is 0 Å². The minimum absolute atomic E-state index is 0.0827. The Kier molecular flexibility index (Phi) is 6.10. The summed E-state index contributed by atoms with van der Waals surface area (Å²) in [7, 11) is 0. The molecule has 2 atom stereocenters. The second-order valence-electron chi connectivity index (χ2n) is 6.24. The fraction of sp³-hybridized carbons (Fsp3) is 0.0952. The van der Waals surface area contributed by atoms with Crippen molar-refractivity contribution < 1.29 is 23.1 Å². The fourth-order valence-corrected chi connectivity index (χ4v) is 3.07. The number of aromatic nitrogens is 1. The van der Waals surface area contributed by atoms with E-state index in [-0.39, 0.29) is 16.1 Å². The Morgan fingerprint density at radius 1 is 1.03 bits per heavy atom. The van der Waals surface area contributed by atoms with Crippen LogP contribution in [0.4, 0.5) is 13.2 Å². The highest BCUT2D eigenvalue weighted by molar-refractivity contribution is 6.30. The number of carbonyl (C=O) groups is 1. The van der Waals surface area contributed by atoms with Gasteiger partial charge in [-0.2, -0.15) is 0 Å². The van der Waals surface area contributed by atoms with E-state index in [1.54, 1.807) is 0 Å². The van der Waals surface area contributed by atoms with Crippen LogP contribution in [0.5, 0.6) is 0 Å². The maximum Gasteiger partial charge on any atom is 0.177 e. The van der Waals surface area contributed by atoms with Gasteiger partial charge in [0.1, 0.15) is 17.5 Å². The molecule has 2 aromatic carbocycles. The van der Waals surface area contributed by atoms with Gasteiger partial charge in [0.25, 0.3) is 0 Å². The predicted octanol–water partition coefficient (Wildman–Crippen LogP) is 4.75. The summed E-state index contributed by atoms with van der Waals surface area (Å²) in [6.07, 6.45) is 1.09. The maximum atomic E-state index is 14.4. The lowest BCUT2D eigenvalue weighted by atomic mass is 9.82. The van der Waals surface area contributed by atoms with Crippen molar-refractivity contribution in [3.63, 3.8) is 0 Å². The van der Waals surface area contributed by atoms with Gasteiger partial charge in [-0.05, 0) is 42.0 Å². The first-order chi connectivity index (χ1) is 13.8. The number of aliphatic hydroxyl groups excluding tert-OH is 1. The van der Waals surface area contributed by atoms with Crippen LogP contribution < -0.4 is 0 Å². The van der Waals surface area contributed by atoms with E-state index in [0.717, 1.165) is 18.2 Å². The van der Waals surface area contributed by atoms with Crippen molar-refractivity contribution >= 4 is 23.1 Å². The number of rotatable bonds is 6. The van der Waals surface area contributed by atoms with Crippen LogP contribution in [0.2, 0.25) is 5.02 Å². The van der Waals surface area contributed by atoms with E-state index in [1.807, 2.05) is 0 Å². The Bertz CT molecular complexity index is 1010. The molecule has 0 saturated heterocycles. The van der Waals surface area contributed by atoms with Gasteiger partial charge < -0.3 is 10.5 Å². The summed E-state index contributed by atoms with van der Waals surface area (Å²) in [6.45, 7) is 0. The number of halogens is 4. The lowest BCUT2D eigenvalue weighted by Crippen LogP contribution is -2.32. The standard InChI is InChI=1S/C21H14ClF3N2O2/c22-12-3-5-14(16(24)8-12)19(26)18(20(28)11-2-1-7-27-10-11)21(29)15-6-4-13(23)9-17(15)25/h1-10,18,20,26,28H. The van der Waals surface area contributed by atoms with Gasteiger partial charge in [0.2, 0.25) is 0 Å². The van der Waals surface area contributed by atoms with Crippen LogP contribution in [0.1, 0.15) is 27.6 Å². The van der Waals surface area contributed by atoms with E-state index in [0.29, 0.717) is 6.07 Å². The molecular weight excluding hydrogens is 405 g/mol. The number of nitrogens with one attached hydrogen (secondary N) is 1. The highest BCUT2D eigenvalue weighted by Crippen LogP contribution is 2.30. The Morgan fingerprint density at radius 3 is 2.34 bits per heavy atom. The highest BCUT2D eigenvalue weighted by Gasteiger charge is 2.35. The largest absolute Gasteiger partial charge is 0.387 e. The topological polar surface area (TPSA) is 74.0 Å². The Labute approximate surface area is 169 Å². The zero-order chi connectivity index (χ0) is 21.1. The van der Waals surface area contributed by atoms with Crippen LogP contribution in [0.15, 0.2) is 60.9 Å². The zero-order valence-electron chi connectivity index (χ0n) is 14.7. The van der Waals surface area contributed by atoms with Crippen molar-refractivity contribution in [1.82, 2.24) is 4.98 Å². The molecule has 4 nitrogen and oxygen atoms in total. The molecule has 3 rings (SSSR count). The molecule has 29 heavy (non-hydrogen) atoms. The average Bonchev–Trinajstić information content (AvgIpc) is 2.68. The number of ketones is 1. The number of benzene rings is 2. The van der Waals surface area contributed by atoms with Gasteiger partial charge in [-0.3, -0.25) is 9.78 Å². The van der Waals surface area contributed by atoms with Gasteiger partial charge in [-0.25, -0.2) is 13.2 Å². The zero-order valence-corrected chi connectivity index (χ0v) is 15.5. The first-order valence-corrected chi connectivity index (χ1v) is 8.78. The van der Waals surface area contributed by atoms with Crippen molar-refractivity contribution in [2.24, 2.45) is 5.92 Å². The number of aliphatic hydroxyl groups is 1. The van der Waals surface area contributed by atoms with E-state index in [4.69, 9.17) is 17.0 Å². The molecule has 0 aliphatic rings. The average molecular weight is 419 g/mol. The van der Waals surface area contributed by atoms with Crippen LogP contribution in [-0.2, 0) is 0 Å². The molecule has 2 N–H and O–H groups in total. The molecule has 0 saturated carbocycles. The third-order valence-electron chi connectivity index (χ3n) is 4.35. The van der Waals surface area contributed by atoms with Crippen molar-refractivity contribution in [2.45, 2.75) is 6.10 Å². The number of pyridine rings is 1. The monoisotopic (exact) mass is 418 g/mol. The van der Waals surface area contributed by atoms with Crippen LogP contribution in [-0.4, -0.2) is 21.6 Å². The first-order valence-electron chi connectivity index (χ1n) is 8.40. The number of hydrogen-bond donors (Lipinski definition) is 2. The summed E-state index contributed by atoms with van der Waals surface area (Å²) in [5.41, 5.74) is -1.21. The summed E-state index contributed by atoms with van der Waals surface area (Å²) in [6, 6.07) is 8.77. The number of carbonyl (C=O) groups excluding carboxylic acids is 1. The van der Waals surface area contributed by atoms with E-state index in [9.17, 15) is 23.1 Å². The van der Waals surface area contributed by atoms with E-state index >= 15 is 0 Å². The minimum Gasteiger partial charge on any atom is -0.387 e. The quantitative estimate of drug-likeness (QED) is 0.448. The molecule has 0 bridgehead atoms. The van der Waals surface area contributed by atoms with Gasteiger partial charge >= 0.3 is 0 Å². The molecule has 148 valence electrons. The van der Waals surface area contributed by atoms with Crippen molar-refractivity contribution in [1.29, 1.82) is 5.41 Å². The second kappa shape index (κ2) is 8.55. The molecule has 0 fully saturated rings. The van der Waals surface area contributed by atoms with Gasteiger partial charge in [-0.15, -0.1) is 0 Å². The molecule has 8 heteroatoms. The molecule has 1 aromatic heterocycles. The summed E-state index contributed by atoms with van der Waals surface area (Å²) < 4.78 is 41.8. The lowest BCUT2D eigenvalue weighted by molar-refractivity contribution is 0.0789. The third-order valence-corrected chi connectivity index (χ3v) is 4.59. The van der Waals surface area contributed by atoms with Gasteiger partial charge in [0.15, 0.2) is 5.78 Å². The van der Waals surface area contributed by atoms with Crippen LogP contribution >= 0.6 is 11.6 Å². The summed E-state index contributed by atoms with van der Waals surface area (Å²) in [5.74, 6) is -5.59. The second-order valence-corrected chi connectivity index (χ2v) is 6.67. The fourth-order valence-electron chi connectivity index (χ4n) is 2.91. The first kappa shape index (κ1) is 20.7. The Morgan fingerprint density at radius 2 is 1.72 bits per heavy atom. The predicted molar refractivity (Wildman–Crippen MR) is 102 cm³/mol. The molecule has 1 heterocycles. The number of hydrogen-bond acceptors (Lipinski definition) is 4. The van der Waals surface area contributed by atoms with Crippen molar-refractivity contribution in [2.75, 3.05) is 0 Å². The highest BCUT2D eigenvalue weighted by atomic mass is 35.5. The molecule has 2 unspecified atom stereocenters. The molecule has 0 aliphatic heterocycles. The van der Waals surface area contributed by atoms with E-state index in [1.165, 1.54) is 36.7 Å². The van der Waals surface area contributed by atoms with Crippen molar-refractivity contribution in [3.8, 4) is 0 Å². The minimum atomic E-state index is -1.67. The molecule has 0 spiro atoms. The van der Waals surface area contributed by atoms with Crippen LogP contribution in [0.25, 0.3) is 0 Å². The SMILES string of the molecule is N=C(c1ccc(Cl)cc1F)C(C(=O)c1ccc(F)cc1F)C(O)c1cccnc1. The molecule has 0 radical (unpaired) electrons. The normalized spacial score (nSPS) is 13.0. The Balaban J connectivity index is 2.10. The van der Waals surface area contributed by atoms with E-state index < -0.39 is 46.5 Å². The van der Waals surface area contributed by atoms with Crippen LogP contribution in [0, 0.1) is 28.8 Å². The summed E-state index contributed by atoms with van der Waals surface area (Å²) in [4.78, 5) is 16.9. The summed E-state index contributed by atoms with van der Waals surface area (Å²) in [5, 5.41) is 19.3. The summed E-state index contributed by atoms with van der Waals surface area (Å²) >= 11 is 5.73. The molecule has 3 aromatic rings. The molecule has 0 aliphatic carbocycles. The number of Topliss-reactive ketones (excluding diaryl/α,β-unsaturated/α-hetero) is 1. The maximum absolute atomic E-state index is 14.4. The Hall–Kier alpha value is -3.03. The van der Waals surface area contributed by atoms with E-state index in [2.05, 4.69) is 4.98 Å². The third kappa shape index (κ3) is 4.36. The molecule has 0 amide bonds. The lowest BCUT2D eigenvalue weighted by Gasteiger charge is -2.23. The van der Waals surface area contributed by atoms with Gasteiger partial charge in [0.05, 0.1) is 23.3 Å². The molecular formula is C21H14ClF3N2O2. The van der Waals surface area contributed by atoms with Gasteiger partial charge in [0, 0.05) is 29.0 Å². The van der Waals surface area contributed by atoms with Gasteiger partial charge in [-0.1, -0.05) is 17.7 Å². The number of nitrogens with zero attached hydrogens (tertiary/aromatic N) is 1. The smallest absolute Gasteiger partial charge is 0.177 e. The van der Waals surface area contributed by atoms with Crippen molar-refractivity contribution in [3.05, 3.63) is 100 Å².